The maximum absolute atomic E-state index is 13.4. The number of alkyl halides is 3. The number of fused-ring (bicyclic) bond motifs is 1. The van der Waals surface area contributed by atoms with Crippen molar-refractivity contribution in [1.29, 1.82) is 0 Å². The van der Waals surface area contributed by atoms with Crippen molar-refractivity contribution < 1.29 is 32.3 Å². The first-order chi connectivity index (χ1) is 18.6. The number of rotatable bonds is 1. The van der Waals surface area contributed by atoms with Gasteiger partial charge in [0.2, 0.25) is 5.91 Å². The molecule has 0 bridgehead atoms. The van der Waals surface area contributed by atoms with Gasteiger partial charge in [-0.25, -0.2) is 0 Å². The standard InChI is InChI=1S/C29H34F3N3O4/c1-20-8-9-23-24(18-20)39-17-5-14-34-27(38)28(10-2-3-13-33-25(23)36)11-15-35(16-12-28)26(37)21-6-4-7-22(19-21)29(30,31)32/h4,6-9,18-19H,2-3,5,10-17H2,1H3,(H,33,36)(H,34,38). The molecule has 2 aromatic carbocycles. The Morgan fingerprint density at radius 2 is 1.69 bits per heavy atom. The fourth-order valence-corrected chi connectivity index (χ4v) is 5.21. The lowest BCUT2D eigenvalue weighted by atomic mass is 9.73. The zero-order valence-electron chi connectivity index (χ0n) is 22.0. The quantitative estimate of drug-likeness (QED) is 0.542. The first kappa shape index (κ1) is 28.4. The van der Waals surface area contributed by atoms with Crippen LogP contribution in [0.2, 0.25) is 0 Å². The first-order valence-electron chi connectivity index (χ1n) is 13.4. The van der Waals surface area contributed by atoms with Crippen LogP contribution in [0.15, 0.2) is 42.5 Å². The van der Waals surface area contributed by atoms with Crippen LogP contribution < -0.4 is 15.4 Å². The molecule has 39 heavy (non-hydrogen) atoms. The third-order valence-electron chi connectivity index (χ3n) is 7.54. The van der Waals surface area contributed by atoms with Crippen molar-refractivity contribution in [1.82, 2.24) is 15.5 Å². The molecule has 10 heteroatoms. The number of ether oxygens (including phenoxy) is 1. The Morgan fingerprint density at radius 3 is 2.44 bits per heavy atom. The van der Waals surface area contributed by atoms with E-state index in [1.54, 1.807) is 6.07 Å². The normalized spacial score (nSPS) is 19.1. The van der Waals surface area contributed by atoms with E-state index in [0.29, 0.717) is 69.5 Å². The van der Waals surface area contributed by atoms with Gasteiger partial charge in [-0.15, -0.1) is 0 Å². The maximum Gasteiger partial charge on any atom is 0.416 e. The smallest absolute Gasteiger partial charge is 0.416 e. The number of halogens is 3. The Labute approximate surface area is 226 Å². The van der Waals surface area contributed by atoms with Crippen molar-refractivity contribution >= 4 is 17.7 Å². The van der Waals surface area contributed by atoms with Gasteiger partial charge in [0.15, 0.2) is 0 Å². The van der Waals surface area contributed by atoms with Crippen molar-refractivity contribution in [2.24, 2.45) is 5.41 Å². The second kappa shape index (κ2) is 12.1. The monoisotopic (exact) mass is 545 g/mol. The van der Waals surface area contributed by atoms with Crippen LogP contribution in [0.3, 0.4) is 0 Å². The molecule has 2 heterocycles. The van der Waals surface area contributed by atoms with Crippen molar-refractivity contribution in [2.75, 3.05) is 32.8 Å². The SMILES string of the molecule is Cc1ccc2c(c1)OCCCNC(=O)C1(CCCCNC2=O)CCN(C(=O)c2cccc(C(F)(F)F)c2)CC1. The van der Waals surface area contributed by atoms with Gasteiger partial charge in [-0.1, -0.05) is 18.6 Å². The van der Waals surface area contributed by atoms with E-state index >= 15 is 0 Å². The van der Waals surface area contributed by atoms with Gasteiger partial charge < -0.3 is 20.3 Å². The molecule has 0 aliphatic carbocycles. The second-order valence-corrected chi connectivity index (χ2v) is 10.3. The maximum atomic E-state index is 13.4. The third-order valence-corrected chi connectivity index (χ3v) is 7.54. The van der Waals surface area contributed by atoms with Gasteiger partial charge in [-0.3, -0.25) is 14.4 Å². The van der Waals surface area contributed by atoms with E-state index in [1.807, 2.05) is 19.1 Å². The number of nitrogens with zero attached hydrogens (tertiary/aromatic N) is 1. The lowest BCUT2D eigenvalue weighted by Gasteiger charge is -2.41. The zero-order chi connectivity index (χ0) is 28.0. The minimum atomic E-state index is -4.53. The molecule has 0 aromatic heterocycles. The third kappa shape index (κ3) is 6.91. The molecular weight excluding hydrogens is 511 g/mol. The molecule has 3 amide bonds. The molecule has 7 nitrogen and oxygen atoms in total. The zero-order valence-corrected chi connectivity index (χ0v) is 22.0. The van der Waals surface area contributed by atoms with Gasteiger partial charge in [0, 0.05) is 31.7 Å². The summed E-state index contributed by atoms with van der Waals surface area (Å²) in [5, 5.41) is 5.96. The van der Waals surface area contributed by atoms with Crippen LogP contribution in [0, 0.1) is 12.3 Å². The average molecular weight is 546 g/mol. The first-order valence-corrected chi connectivity index (χ1v) is 13.4. The van der Waals surface area contributed by atoms with E-state index in [0.717, 1.165) is 17.7 Å². The number of carbonyl (C=O) groups is 3. The molecule has 0 unspecified atom stereocenters. The van der Waals surface area contributed by atoms with E-state index in [4.69, 9.17) is 4.74 Å². The van der Waals surface area contributed by atoms with Gasteiger partial charge in [-0.05, 0) is 74.9 Å². The number of piperidine rings is 1. The molecule has 4 rings (SSSR count). The van der Waals surface area contributed by atoms with Crippen LogP contribution in [-0.4, -0.2) is 55.4 Å². The Morgan fingerprint density at radius 1 is 0.949 bits per heavy atom. The highest BCUT2D eigenvalue weighted by atomic mass is 19.4. The number of amides is 3. The Kier molecular flexibility index (Phi) is 8.82. The molecule has 0 atom stereocenters. The minimum Gasteiger partial charge on any atom is -0.493 e. The van der Waals surface area contributed by atoms with Gasteiger partial charge in [-0.2, -0.15) is 13.2 Å². The van der Waals surface area contributed by atoms with E-state index in [-0.39, 0.29) is 30.5 Å². The van der Waals surface area contributed by atoms with E-state index < -0.39 is 23.1 Å². The highest BCUT2D eigenvalue weighted by molar-refractivity contribution is 5.97. The van der Waals surface area contributed by atoms with Crippen molar-refractivity contribution in [2.45, 2.75) is 51.6 Å². The molecule has 2 aliphatic rings. The number of aryl methyl sites for hydroxylation is 1. The Hall–Kier alpha value is -3.56. The van der Waals surface area contributed by atoms with Gasteiger partial charge >= 0.3 is 6.18 Å². The van der Waals surface area contributed by atoms with Gasteiger partial charge in [0.1, 0.15) is 5.75 Å². The molecule has 2 N–H and O–H groups in total. The summed E-state index contributed by atoms with van der Waals surface area (Å²) in [7, 11) is 0. The van der Waals surface area contributed by atoms with Crippen LogP contribution >= 0.6 is 0 Å². The molecular formula is C29H34F3N3O4. The van der Waals surface area contributed by atoms with Crippen molar-refractivity contribution in [3.63, 3.8) is 0 Å². The number of nitrogens with one attached hydrogen (secondary N) is 2. The largest absolute Gasteiger partial charge is 0.493 e. The summed E-state index contributed by atoms with van der Waals surface area (Å²) < 4.78 is 45.2. The summed E-state index contributed by atoms with van der Waals surface area (Å²) in [5.74, 6) is -0.236. The fourth-order valence-electron chi connectivity index (χ4n) is 5.21. The number of carbonyl (C=O) groups excluding carboxylic acids is 3. The number of benzene rings is 2. The Balaban J connectivity index is 1.41. The average Bonchev–Trinajstić information content (AvgIpc) is 2.92. The van der Waals surface area contributed by atoms with Crippen molar-refractivity contribution in [3.8, 4) is 5.75 Å². The lowest BCUT2D eigenvalue weighted by Crippen LogP contribution is -2.50. The minimum absolute atomic E-state index is 0.0146. The van der Waals surface area contributed by atoms with Crippen LogP contribution in [0.25, 0.3) is 0 Å². The van der Waals surface area contributed by atoms with Gasteiger partial charge in [0.05, 0.1) is 23.1 Å². The molecule has 210 valence electrons. The molecule has 1 saturated heterocycles. The summed E-state index contributed by atoms with van der Waals surface area (Å²) in [4.78, 5) is 40.6. The number of hydrogen-bond acceptors (Lipinski definition) is 4. The highest BCUT2D eigenvalue weighted by Gasteiger charge is 2.42. The van der Waals surface area contributed by atoms with E-state index in [1.165, 1.54) is 17.0 Å². The van der Waals surface area contributed by atoms with Crippen LogP contribution in [0.5, 0.6) is 5.75 Å². The predicted molar refractivity (Wildman–Crippen MR) is 139 cm³/mol. The van der Waals surface area contributed by atoms with Gasteiger partial charge in [0.25, 0.3) is 11.8 Å². The summed E-state index contributed by atoms with van der Waals surface area (Å²) in [6.07, 6.45) is -1.18. The molecule has 1 fully saturated rings. The molecule has 0 radical (unpaired) electrons. The highest BCUT2D eigenvalue weighted by Crippen LogP contribution is 2.38. The van der Waals surface area contributed by atoms with Crippen LogP contribution in [0.4, 0.5) is 13.2 Å². The van der Waals surface area contributed by atoms with E-state index in [2.05, 4.69) is 10.6 Å². The molecule has 0 saturated carbocycles. The topological polar surface area (TPSA) is 87.7 Å². The predicted octanol–water partition coefficient (Wildman–Crippen LogP) is 4.74. The van der Waals surface area contributed by atoms with Crippen LogP contribution in [-0.2, 0) is 11.0 Å². The fraction of sp³-hybridized carbons (Fsp3) is 0.483. The number of hydrogen-bond donors (Lipinski definition) is 2. The van der Waals surface area contributed by atoms with E-state index in [9.17, 15) is 27.6 Å². The summed E-state index contributed by atoms with van der Waals surface area (Å²) in [5.41, 5.74) is -0.103. The Bertz CT molecular complexity index is 1210. The summed E-state index contributed by atoms with van der Waals surface area (Å²) in [6, 6.07) is 9.88. The number of likely N-dealkylation sites (tertiary alicyclic amines) is 1. The second-order valence-electron chi connectivity index (χ2n) is 10.3. The summed E-state index contributed by atoms with van der Waals surface area (Å²) in [6.45, 7) is 3.66. The van der Waals surface area contributed by atoms with Crippen molar-refractivity contribution in [3.05, 3.63) is 64.7 Å². The molecule has 1 spiro atoms. The lowest BCUT2D eigenvalue weighted by molar-refractivity contribution is -0.137. The summed E-state index contributed by atoms with van der Waals surface area (Å²) >= 11 is 0. The van der Waals surface area contributed by atoms with Crippen LogP contribution in [0.1, 0.15) is 70.4 Å². The molecule has 2 aromatic rings. The molecule has 2 aliphatic heterocycles.